The van der Waals surface area contributed by atoms with Crippen LogP contribution in [0.5, 0.6) is 11.8 Å². The van der Waals surface area contributed by atoms with Gasteiger partial charge in [0.1, 0.15) is 29.9 Å². The highest BCUT2D eigenvalue weighted by atomic mass is 16.6. The van der Waals surface area contributed by atoms with E-state index in [9.17, 15) is 9.90 Å². The van der Waals surface area contributed by atoms with Crippen LogP contribution in [-0.2, 0) is 6.54 Å². The first kappa shape index (κ1) is 17.3. The topological polar surface area (TPSA) is 93.6 Å². The first-order valence-electron chi connectivity index (χ1n) is 8.84. The molecule has 0 unspecified atom stereocenters. The number of aliphatic hydroxyl groups excluding tert-OH is 1. The van der Waals surface area contributed by atoms with Crippen molar-refractivity contribution in [2.45, 2.75) is 25.5 Å². The third-order valence-electron chi connectivity index (χ3n) is 4.46. The fourth-order valence-electron chi connectivity index (χ4n) is 2.97. The third kappa shape index (κ3) is 4.17. The van der Waals surface area contributed by atoms with Gasteiger partial charge in [0, 0.05) is 19.2 Å². The van der Waals surface area contributed by atoms with Crippen molar-refractivity contribution < 1.29 is 14.3 Å². The molecule has 2 aromatic heterocycles. The lowest BCUT2D eigenvalue weighted by Gasteiger charge is -2.30. The number of piperidine rings is 1. The van der Waals surface area contributed by atoms with Gasteiger partial charge >= 0.3 is 6.08 Å². The number of nitrogens with zero attached hydrogens (tertiary/aromatic N) is 4. The van der Waals surface area contributed by atoms with Crippen molar-refractivity contribution in [3.05, 3.63) is 65.0 Å². The standard InChI is InChI=1S/C19H20N4O4/c24-15-6-8-22(9-7-15)17-10-18(25)23(13-20-17)11-14-12-26-19(21-14)27-16-4-2-1-3-5-16/h1-5,10,12-13,15,24H,6-9,11H2. The van der Waals surface area contributed by atoms with Crippen molar-refractivity contribution in [3.8, 4) is 11.8 Å². The number of anilines is 1. The summed E-state index contributed by atoms with van der Waals surface area (Å²) in [6.45, 7) is 1.63. The molecule has 8 nitrogen and oxygen atoms in total. The van der Waals surface area contributed by atoms with Crippen molar-refractivity contribution in [1.29, 1.82) is 0 Å². The summed E-state index contributed by atoms with van der Waals surface area (Å²) in [6.07, 6.45) is 4.21. The van der Waals surface area contributed by atoms with E-state index in [1.54, 1.807) is 12.1 Å². The molecule has 0 spiro atoms. The summed E-state index contributed by atoms with van der Waals surface area (Å²) in [5, 5.41) is 9.59. The zero-order chi connectivity index (χ0) is 18.6. The van der Waals surface area contributed by atoms with E-state index < -0.39 is 0 Å². The van der Waals surface area contributed by atoms with Crippen LogP contribution in [0, 0.1) is 0 Å². The first-order valence-corrected chi connectivity index (χ1v) is 8.84. The zero-order valence-electron chi connectivity index (χ0n) is 14.7. The van der Waals surface area contributed by atoms with E-state index in [1.165, 1.54) is 23.2 Å². The van der Waals surface area contributed by atoms with E-state index in [-0.39, 0.29) is 24.3 Å². The predicted octanol–water partition coefficient (Wildman–Crippen LogP) is 2.03. The normalized spacial score (nSPS) is 15.1. The zero-order valence-corrected chi connectivity index (χ0v) is 14.7. The number of oxazole rings is 1. The van der Waals surface area contributed by atoms with Gasteiger partial charge < -0.3 is 19.2 Å². The van der Waals surface area contributed by atoms with Crippen LogP contribution in [-0.4, -0.2) is 38.8 Å². The van der Waals surface area contributed by atoms with Gasteiger partial charge in [-0.1, -0.05) is 18.2 Å². The molecule has 1 fully saturated rings. The summed E-state index contributed by atoms with van der Waals surface area (Å²) in [5.41, 5.74) is 0.401. The molecule has 27 heavy (non-hydrogen) atoms. The Morgan fingerprint density at radius 1 is 1.22 bits per heavy atom. The number of benzene rings is 1. The largest absolute Gasteiger partial charge is 0.417 e. The van der Waals surface area contributed by atoms with Gasteiger partial charge in [0.25, 0.3) is 5.56 Å². The lowest BCUT2D eigenvalue weighted by Crippen LogP contribution is -2.37. The van der Waals surface area contributed by atoms with Crippen molar-refractivity contribution >= 4 is 5.82 Å². The van der Waals surface area contributed by atoms with Gasteiger partial charge in [0.05, 0.1) is 12.6 Å². The number of aromatic nitrogens is 3. The number of rotatable bonds is 5. The van der Waals surface area contributed by atoms with Crippen molar-refractivity contribution in [2.75, 3.05) is 18.0 Å². The molecule has 140 valence electrons. The highest BCUT2D eigenvalue weighted by molar-refractivity contribution is 5.37. The molecule has 1 N–H and O–H groups in total. The van der Waals surface area contributed by atoms with Crippen LogP contribution in [0.3, 0.4) is 0 Å². The van der Waals surface area contributed by atoms with Crippen LogP contribution >= 0.6 is 0 Å². The number of aliphatic hydroxyl groups is 1. The molecule has 0 aliphatic carbocycles. The quantitative estimate of drug-likeness (QED) is 0.736. The molecule has 0 amide bonds. The molecule has 3 heterocycles. The van der Waals surface area contributed by atoms with Crippen LogP contribution < -0.4 is 15.2 Å². The highest BCUT2D eigenvalue weighted by Crippen LogP contribution is 2.20. The Kier molecular flexibility index (Phi) is 4.88. The van der Waals surface area contributed by atoms with Gasteiger partial charge in [-0.15, -0.1) is 0 Å². The molecule has 1 aliphatic heterocycles. The second-order valence-electron chi connectivity index (χ2n) is 6.45. The van der Waals surface area contributed by atoms with Gasteiger partial charge in [-0.3, -0.25) is 9.36 Å². The minimum absolute atomic E-state index is 0.126. The Bertz CT molecular complexity index is 946. The summed E-state index contributed by atoms with van der Waals surface area (Å²) >= 11 is 0. The molecular formula is C19H20N4O4. The van der Waals surface area contributed by atoms with E-state index in [2.05, 4.69) is 9.97 Å². The van der Waals surface area contributed by atoms with Gasteiger partial charge in [-0.25, -0.2) is 4.98 Å². The predicted molar refractivity (Wildman–Crippen MR) is 98.1 cm³/mol. The van der Waals surface area contributed by atoms with E-state index in [1.807, 2.05) is 23.1 Å². The summed E-state index contributed by atoms with van der Waals surface area (Å²) in [6, 6.07) is 10.7. The van der Waals surface area contributed by atoms with E-state index in [0.717, 1.165) is 0 Å². The Morgan fingerprint density at radius 3 is 2.74 bits per heavy atom. The summed E-state index contributed by atoms with van der Waals surface area (Å²) in [7, 11) is 0. The summed E-state index contributed by atoms with van der Waals surface area (Å²) < 4.78 is 12.3. The van der Waals surface area contributed by atoms with Crippen molar-refractivity contribution in [1.82, 2.24) is 14.5 Å². The van der Waals surface area contributed by atoms with Gasteiger partial charge in [0.15, 0.2) is 0 Å². The van der Waals surface area contributed by atoms with Crippen LogP contribution in [0.1, 0.15) is 18.5 Å². The molecule has 4 rings (SSSR count). The molecule has 0 atom stereocenters. The van der Waals surface area contributed by atoms with Crippen molar-refractivity contribution in [3.63, 3.8) is 0 Å². The first-order chi connectivity index (χ1) is 13.2. The fourth-order valence-corrected chi connectivity index (χ4v) is 2.97. The van der Waals surface area contributed by atoms with E-state index >= 15 is 0 Å². The number of ether oxygens (including phenoxy) is 1. The summed E-state index contributed by atoms with van der Waals surface area (Å²) in [4.78, 5) is 23.0. The monoisotopic (exact) mass is 368 g/mol. The summed E-state index contributed by atoms with van der Waals surface area (Å²) in [5.74, 6) is 1.26. The highest BCUT2D eigenvalue weighted by Gasteiger charge is 2.18. The van der Waals surface area contributed by atoms with Gasteiger partial charge in [0.2, 0.25) is 0 Å². The average Bonchev–Trinajstić information content (AvgIpc) is 3.12. The average molecular weight is 368 g/mol. The third-order valence-corrected chi connectivity index (χ3v) is 4.46. The number of para-hydroxylation sites is 1. The molecule has 1 aromatic carbocycles. The minimum Gasteiger partial charge on any atom is -0.417 e. The molecule has 1 aliphatic rings. The Balaban J connectivity index is 1.43. The fraction of sp³-hybridized carbons (Fsp3) is 0.316. The van der Waals surface area contributed by atoms with Gasteiger partial charge in [-0.2, -0.15) is 4.98 Å². The number of hydrogen-bond donors (Lipinski definition) is 1. The lowest BCUT2D eigenvalue weighted by molar-refractivity contribution is 0.145. The molecule has 3 aromatic rings. The minimum atomic E-state index is -0.263. The van der Waals surface area contributed by atoms with Crippen molar-refractivity contribution in [2.24, 2.45) is 0 Å². The Hall–Kier alpha value is -3.13. The van der Waals surface area contributed by atoms with Crippen LogP contribution in [0.15, 0.2) is 58.2 Å². The van der Waals surface area contributed by atoms with E-state index in [4.69, 9.17) is 9.15 Å². The SMILES string of the molecule is O=c1cc(N2CCC(O)CC2)ncn1Cc1coc(Oc2ccccc2)n1. The molecule has 0 radical (unpaired) electrons. The second-order valence-corrected chi connectivity index (χ2v) is 6.45. The number of hydrogen-bond acceptors (Lipinski definition) is 7. The van der Waals surface area contributed by atoms with Crippen LogP contribution in [0.4, 0.5) is 5.82 Å². The molecule has 0 saturated carbocycles. The molecule has 0 bridgehead atoms. The van der Waals surface area contributed by atoms with Gasteiger partial charge in [-0.05, 0) is 25.0 Å². The Morgan fingerprint density at radius 2 is 2.00 bits per heavy atom. The smallest absolute Gasteiger partial charge is 0.399 e. The maximum Gasteiger partial charge on any atom is 0.399 e. The van der Waals surface area contributed by atoms with E-state index in [0.29, 0.717) is 43.2 Å². The molecule has 1 saturated heterocycles. The maximum absolute atomic E-state index is 12.4. The lowest BCUT2D eigenvalue weighted by atomic mass is 10.1. The molecular weight excluding hydrogens is 348 g/mol. The van der Waals surface area contributed by atoms with Crippen LogP contribution in [0.25, 0.3) is 0 Å². The molecule has 8 heteroatoms. The Labute approximate surface area is 155 Å². The van der Waals surface area contributed by atoms with Crippen LogP contribution in [0.2, 0.25) is 0 Å². The second kappa shape index (κ2) is 7.63. The maximum atomic E-state index is 12.4.